The molecule has 9 heteroatoms. The lowest BCUT2D eigenvalue weighted by Gasteiger charge is -2.28. The third-order valence-electron chi connectivity index (χ3n) is 4.36. The first-order valence-corrected chi connectivity index (χ1v) is 9.14. The predicted octanol–water partition coefficient (Wildman–Crippen LogP) is 2.49. The quantitative estimate of drug-likeness (QED) is 0.734. The molecule has 7 nitrogen and oxygen atoms in total. The molecule has 0 aromatic carbocycles. The van der Waals surface area contributed by atoms with E-state index < -0.39 is 11.6 Å². The van der Waals surface area contributed by atoms with Crippen LogP contribution in [0.5, 0.6) is 0 Å². The SMILES string of the molecule is Cc1nnc(-c2ccc3cnc(NC(=O)C4(F)CCNCC4)cc3n2)s1. The van der Waals surface area contributed by atoms with Gasteiger partial charge in [-0.05, 0) is 32.1 Å². The number of aromatic nitrogens is 4. The van der Waals surface area contributed by atoms with Crippen LogP contribution >= 0.6 is 11.3 Å². The van der Waals surface area contributed by atoms with E-state index in [4.69, 9.17) is 0 Å². The predicted molar refractivity (Wildman–Crippen MR) is 97.8 cm³/mol. The maximum Gasteiger partial charge on any atom is 0.263 e. The molecule has 0 radical (unpaired) electrons. The Morgan fingerprint density at radius 3 is 2.85 bits per heavy atom. The second-order valence-corrected chi connectivity index (χ2v) is 7.44. The first-order chi connectivity index (χ1) is 12.5. The second-order valence-electron chi connectivity index (χ2n) is 6.25. The van der Waals surface area contributed by atoms with E-state index in [0.717, 1.165) is 15.4 Å². The molecular formula is C17H17FN6OS. The van der Waals surface area contributed by atoms with Crippen LogP contribution in [-0.4, -0.2) is 44.8 Å². The average molecular weight is 372 g/mol. The normalized spacial score (nSPS) is 16.5. The highest BCUT2D eigenvalue weighted by atomic mass is 32.1. The Bertz CT molecular complexity index is 969. The van der Waals surface area contributed by atoms with E-state index in [1.807, 2.05) is 19.1 Å². The van der Waals surface area contributed by atoms with E-state index in [2.05, 4.69) is 30.8 Å². The average Bonchev–Trinajstić information content (AvgIpc) is 3.08. The first-order valence-electron chi connectivity index (χ1n) is 8.32. The van der Waals surface area contributed by atoms with Gasteiger partial charge in [0.2, 0.25) is 0 Å². The standard InChI is InChI=1S/C17H17FN6OS/c1-10-23-24-15(26-10)12-3-2-11-9-20-14(8-13(11)21-12)22-16(25)17(18)4-6-19-7-5-17/h2-3,8-9,19H,4-7H2,1H3,(H,20,22,25). The summed E-state index contributed by atoms with van der Waals surface area (Å²) in [6.07, 6.45) is 1.93. The van der Waals surface area contributed by atoms with Crippen molar-refractivity contribution >= 4 is 34.0 Å². The number of pyridine rings is 2. The van der Waals surface area contributed by atoms with Gasteiger partial charge < -0.3 is 10.6 Å². The van der Waals surface area contributed by atoms with Crippen LogP contribution in [0.1, 0.15) is 17.8 Å². The number of nitrogens with one attached hydrogen (secondary N) is 2. The molecular weight excluding hydrogens is 355 g/mol. The highest BCUT2D eigenvalue weighted by Crippen LogP contribution is 2.27. The summed E-state index contributed by atoms with van der Waals surface area (Å²) in [6.45, 7) is 2.86. The molecule has 0 saturated carbocycles. The summed E-state index contributed by atoms with van der Waals surface area (Å²) < 4.78 is 14.7. The van der Waals surface area contributed by atoms with Crippen LogP contribution in [0.4, 0.5) is 10.2 Å². The molecule has 0 atom stereocenters. The van der Waals surface area contributed by atoms with Crippen molar-refractivity contribution in [3.63, 3.8) is 0 Å². The Labute approximate surface area is 153 Å². The van der Waals surface area contributed by atoms with E-state index in [1.165, 1.54) is 11.3 Å². The number of nitrogens with zero attached hydrogens (tertiary/aromatic N) is 4. The Morgan fingerprint density at radius 1 is 1.31 bits per heavy atom. The fraction of sp³-hybridized carbons (Fsp3) is 0.353. The van der Waals surface area contributed by atoms with Crippen molar-refractivity contribution in [1.82, 2.24) is 25.5 Å². The van der Waals surface area contributed by atoms with Crippen molar-refractivity contribution in [3.05, 3.63) is 29.4 Å². The summed E-state index contributed by atoms with van der Waals surface area (Å²) in [4.78, 5) is 21.1. The lowest BCUT2D eigenvalue weighted by Crippen LogP contribution is -2.47. The van der Waals surface area contributed by atoms with Crippen molar-refractivity contribution in [2.45, 2.75) is 25.4 Å². The number of amides is 1. The minimum atomic E-state index is -1.86. The number of aryl methyl sites for hydroxylation is 1. The second kappa shape index (κ2) is 6.65. The summed E-state index contributed by atoms with van der Waals surface area (Å²) in [5, 5.41) is 16.2. The summed E-state index contributed by atoms with van der Waals surface area (Å²) >= 11 is 1.46. The van der Waals surface area contributed by atoms with E-state index in [-0.39, 0.29) is 18.7 Å². The van der Waals surface area contributed by atoms with Crippen LogP contribution in [0.25, 0.3) is 21.6 Å². The zero-order valence-electron chi connectivity index (χ0n) is 14.1. The van der Waals surface area contributed by atoms with Gasteiger partial charge in [-0.3, -0.25) is 4.79 Å². The largest absolute Gasteiger partial charge is 0.316 e. The van der Waals surface area contributed by atoms with E-state index in [9.17, 15) is 9.18 Å². The maximum absolute atomic E-state index is 14.7. The summed E-state index contributed by atoms with van der Waals surface area (Å²) in [5.74, 6) is -0.363. The van der Waals surface area contributed by atoms with Crippen LogP contribution in [0, 0.1) is 6.92 Å². The fourth-order valence-corrected chi connectivity index (χ4v) is 3.54. The van der Waals surface area contributed by atoms with Gasteiger partial charge in [-0.2, -0.15) is 0 Å². The van der Waals surface area contributed by atoms with Gasteiger partial charge >= 0.3 is 0 Å². The lowest BCUT2D eigenvalue weighted by atomic mass is 9.93. The van der Waals surface area contributed by atoms with E-state index in [0.29, 0.717) is 24.3 Å². The number of anilines is 1. The zero-order chi connectivity index (χ0) is 18.1. The smallest absolute Gasteiger partial charge is 0.263 e. The van der Waals surface area contributed by atoms with Crippen molar-refractivity contribution in [3.8, 4) is 10.7 Å². The summed E-state index contributed by atoms with van der Waals surface area (Å²) in [5.41, 5.74) is -0.507. The number of alkyl halides is 1. The molecule has 1 aliphatic heterocycles. The number of carbonyl (C=O) groups excluding carboxylic acids is 1. The van der Waals surface area contributed by atoms with Gasteiger partial charge in [-0.25, -0.2) is 14.4 Å². The molecule has 3 aromatic rings. The highest BCUT2D eigenvalue weighted by molar-refractivity contribution is 7.14. The zero-order valence-corrected chi connectivity index (χ0v) is 14.9. The van der Waals surface area contributed by atoms with Gasteiger partial charge in [-0.1, -0.05) is 11.3 Å². The molecule has 26 heavy (non-hydrogen) atoms. The summed E-state index contributed by atoms with van der Waals surface area (Å²) in [7, 11) is 0. The van der Waals surface area contributed by atoms with Gasteiger partial charge in [0.05, 0.1) is 5.52 Å². The van der Waals surface area contributed by atoms with Crippen LogP contribution in [-0.2, 0) is 4.79 Å². The topological polar surface area (TPSA) is 92.7 Å². The Kier molecular flexibility index (Phi) is 4.33. The Balaban J connectivity index is 1.61. The Morgan fingerprint density at radius 2 is 2.12 bits per heavy atom. The molecule has 0 unspecified atom stereocenters. The number of carbonyl (C=O) groups is 1. The van der Waals surface area contributed by atoms with Crippen molar-refractivity contribution in [2.24, 2.45) is 0 Å². The number of hydrogen-bond acceptors (Lipinski definition) is 7. The van der Waals surface area contributed by atoms with Crippen molar-refractivity contribution in [1.29, 1.82) is 0 Å². The molecule has 4 rings (SSSR count). The van der Waals surface area contributed by atoms with Crippen molar-refractivity contribution < 1.29 is 9.18 Å². The maximum atomic E-state index is 14.7. The molecule has 0 aliphatic carbocycles. The summed E-state index contributed by atoms with van der Waals surface area (Å²) in [6, 6.07) is 5.39. The van der Waals surface area contributed by atoms with Crippen molar-refractivity contribution in [2.75, 3.05) is 18.4 Å². The van der Waals surface area contributed by atoms with Gasteiger partial charge in [-0.15, -0.1) is 10.2 Å². The number of halogens is 1. The molecule has 134 valence electrons. The molecule has 4 heterocycles. The molecule has 0 bridgehead atoms. The lowest BCUT2D eigenvalue weighted by molar-refractivity contribution is -0.129. The molecule has 0 spiro atoms. The molecule has 1 aliphatic rings. The van der Waals surface area contributed by atoms with Crippen LogP contribution in [0.2, 0.25) is 0 Å². The first kappa shape index (κ1) is 16.9. The van der Waals surface area contributed by atoms with Crippen LogP contribution < -0.4 is 10.6 Å². The number of hydrogen-bond donors (Lipinski definition) is 2. The van der Waals surface area contributed by atoms with E-state index >= 15 is 0 Å². The molecule has 2 N–H and O–H groups in total. The van der Waals surface area contributed by atoms with E-state index in [1.54, 1.807) is 12.3 Å². The number of fused-ring (bicyclic) bond motifs is 1. The van der Waals surface area contributed by atoms with Crippen LogP contribution in [0.3, 0.4) is 0 Å². The third kappa shape index (κ3) is 3.27. The van der Waals surface area contributed by atoms with Gasteiger partial charge in [0, 0.05) is 30.5 Å². The molecule has 1 saturated heterocycles. The van der Waals surface area contributed by atoms with Crippen LogP contribution in [0.15, 0.2) is 24.4 Å². The highest BCUT2D eigenvalue weighted by Gasteiger charge is 2.39. The monoisotopic (exact) mass is 372 g/mol. The third-order valence-corrected chi connectivity index (χ3v) is 5.22. The van der Waals surface area contributed by atoms with Gasteiger partial charge in [0.15, 0.2) is 10.7 Å². The van der Waals surface area contributed by atoms with Gasteiger partial charge in [0.25, 0.3) is 5.91 Å². The Hall–Kier alpha value is -2.52. The van der Waals surface area contributed by atoms with Gasteiger partial charge in [0.1, 0.15) is 16.5 Å². The molecule has 1 fully saturated rings. The minimum absolute atomic E-state index is 0.158. The number of piperidine rings is 1. The fourth-order valence-electron chi connectivity index (χ4n) is 2.88. The minimum Gasteiger partial charge on any atom is -0.316 e. The number of rotatable bonds is 3. The molecule has 3 aromatic heterocycles. The molecule has 1 amide bonds.